The van der Waals surface area contributed by atoms with Crippen LogP contribution in [-0.2, 0) is 15.3 Å². The largest absolute Gasteiger partial charge is 0.507 e. The number of thioether (sulfide) groups is 1. The van der Waals surface area contributed by atoms with E-state index >= 15 is 0 Å². The molecule has 1 saturated heterocycles. The highest BCUT2D eigenvalue weighted by atomic mass is 35.5. The SMILES string of the molecule is C=CCOc1cccc(C2/C(=C(\O)c3ccc(C)cc3)C(=O)C(=O)N2c2nnc(SCc3ccccc3Cl)s2)c1. The average molecular weight is 590 g/mol. The summed E-state index contributed by atoms with van der Waals surface area (Å²) in [6.07, 6.45) is 1.62. The number of hydrogen-bond donors (Lipinski definition) is 1. The van der Waals surface area contributed by atoms with Gasteiger partial charge in [0.2, 0.25) is 5.13 Å². The summed E-state index contributed by atoms with van der Waals surface area (Å²) in [6.45, 7) is 5.89. The molecule has 7 nitrogen and oxygen atoms in total. The van der Waals surface area contributed by atoms with E-state index in [0.717, 1.165) is 11.1 Å². The molecule has 1 amide bonds. The Morgan fingerprint density at radius 2 is 1.90 bits per heavy atom. The van der Waals surface area contributed by atoms with E-state index in [0.29, 0.717) is 32.0 Å². The van der Waals surface area contributed by atoms with Crippen LogP contribution in [0.2, 0.25) is 5.02 Å². The summed E-state index contributed by atoms with van der Waals surface area (Å²) < 4.78 is 6.32. The van der Waals surface area contributed by atoms with Gasteiger partial charge in [0.1, 0.15) is 18.1 Å². The monoisotopic (exact) mass is 589 g/mol. The second-order valence-electron chi connectivity index (χ2n) is 8.94. The molecule has 4 aromatic rings. The fourth-order valence-electron chi connectivity index (χ4n) is 4.25. The number of amides is 1. The number of hydrogen-bond acceptors (Lipinski definition) is 8. The molecular weight excluding hydrogens is 566 g/mol. The lowest BCUT2D eigenvalue weighted by Gasteiger charge is -2.23. The van der Waals surface area contributed by atoms with Crippen molar-refractivity contribution in [2.75, 3.05) is 11.5 Å². The van der Waals surface area contributed by atoms with Crippen molar-refractivity contribution in [3.8, 4) is 5.75 Å². The first kappa shape index (κ1) is 27.6. The zero-order valence-electron chi connectivity index (χ0n) is 21.4. The molecule has 0 radical (unpaired) electrons. The van der Waals surface area contributed by atoms with Gasteiger partial charge >= 0.3 is 5.91 Å². The zero-order valence-corrected chi connectivity index (χ0v) is 23.8. The van der Waals surface area contributed by atoms with Gasteiger partial charge in [-0.2, -0.15) is 0 Å². The number of halogens is 1. The summed E-state index contributed by atoms with van der Waals surface area (Å²) in [5.41, 5.74) is 2.92. The van der Waals surface area contributed by atoms with E-state index < -0.39 is 17.7 Å². The van der Waals surface area contributed by atoms with Gasteiger partial charge in [-0.1, -0.05) is 108 Å². The molecule has 5 rings (SSSR count). The number of nitrogens with zero attached hydrogens (tertiary/aromatic N) is 3. The second-order valence-corrected chi connectivity index (χ2v) is 11.5. The summed E-state index contributed by atoms with van der Waals surface area (Å²) in [7, 11) is 0. The maximum atomic E-state index is 13.5. The van der Waals surface area contributed by atoms with Crippen LogP contribution in [0.3, 0.4) is 0 Å². The highest BCUT2D eigenvalue weighted by molar-refractivity contribution is 8.00. The zero-order chi connectivity index (χ0) is 28.2. The third-order valence-corrected chi connectivity index (χ3v) is 8.70. The molecule has 2 heterocycles. The van der Waals surface area contributed by atoms with Gasteiger partial charge < -0.3 is 9.84 Å². The average Bonchev–Trinajstić information content (AvgIpc) is 3.53. The van der Waals surface area contributed by atoms with Crippen molar-refractivity contribution in [2.45, 2.75) is 23.1 Å². The highest BCUT2D eigenvalue weighted by Gasteiger charge is 2.48. The van der Waals surface area contributed by atoms with E-state index in [1.807, 2.05) is 43.3 Å². The first-order chi connectivity index (χ1) is 19.4. The number of ketones is 1. The van der Waals surface area contributed by atoms with Crippen molar-refractivity contribution in [2.24, 2.45) is 0 Å². The molecule has 10 heteroatoms. The van der Waals surface area contributed by atoms with Crippen LogP contribution in [0.5, 0.6) is 5.75 Å². The fourth-order valence-corrected chi connectivity index (χ4v) is 6.41. The van der Waals surface area contributed by atoms with E-state index in [-0.39, 0.29) is 23.1 Å². The Balaban J connectivity index is 1.56. The van der Waals surface area contributed by atoms with Gasteiger partial charge in [-0.05, 0) is 36.2 Å². The van der Waals surface area contributed by atoms with Gasteiger partial charge in [0.15, 0.2) is 4.34 Å². The number of rotatable bonds is 9. The molecule has 0 spiro atoms. The number of ether oxygens (including phenoxy) is 1. The van der Waals surface area contributed by atoms with E-state index in [4.69, 9.17) is 16.3 Å². The van der Waals surface area contributed by atoms with E-state index in [2.05, 4.69) is 16.8 Å². The maximum absolute atomic E-state index is 13.5. The molecule has 1 aliphatic heterocycles. The van der Waals surface area contributed by atoms with Gasteiger partial charge in [0.25, 0.3) is 5.78 Å². The van der Waals surface area contributed by atoms with Gasteiger partial charge in [-0.3, -0.25) is 14.5 Å². The summed E-state index contributed by atoms with van der Waals surface area (Å²) >= 11 is 8.91. The Kier molecular flexibility index (Phi) is 8.35. The van der Waals surface area contributed by atoms with Crippen LogP contribution in [0.25, 0.3) is 5.76 Å². The Hall–Kier alpha value is -3.92. The first-order valence-corrected chi connectivity index (χ1v) is 14.5. The first-order valence-electron chi connectivity index (χ1n) is 12.3. The number of carbonyl (C=O) groups excluding carboxylic acids is 2. The van der Waals surface area contributed by atoms with Crippen LogP contribution in [0.4, 0.5) is 5.13 Å². The van der Waals surface area contributed by atoms with Crippen LogP contribution < -0.4 is 9.64 Å². The van der Waals surface area contributed by atoms with Crippen molar-refractivity contribution in [1.82, 2.24) is 10.2 Å². The summed E-state index contributed by atoms with van der Waals surface area (Å²) in [6, 6.07) is 20.7. The van der Waals surface area contributed by atoms with Crippen molar-refractivity contribution < 1.29 is 19.4 Å². The quantitative estimate of drug-likeness (QED) is 0.0562. The normalized spacial score (nSPS) is 16.4. The van der Waals surface area contributed by atoms with E-state index in [9.17, 15) is 14.7 Å². The predicted molar refractivity (Wildman–Crippen MR) is 159 cm³/mol. The van der Waals surface area contributed by atoms with E-state index in [1.165, 1.54) is 28.0 Å². The third-order valence-electron chi connectivity index (χ3n) is 6.22. The standard InChI is InChI=1S/C30H24ClN3O4S2/c1-3-15-38-22-9-6-8-20(16-22)25-24(26(35)19-13-11-18(2)12-14-19)27(36)28(37)34(25)29-32-33-30(40-29)39-17-21-7-4-5-10-23(21)31/h3-14,16,25,35H,1,15,17H2,2H3/b26-24+. The summed E-state index contributed by atoms with van der Waals surface area (Å²) in [5, 5.41) is 20.8. The molecule has 40 heavy (non-hydrogen) atoms. The lowest BCUT2D eigenvalue weighted by molar-refractivity contribution is -0.132. The molecule has 1 unspecified atom stereocenters. The van der Waals surface area contributed by atoms with E-state index in [1.54, 1.807) is 42.5 Å². The van der Waals surface area contributed by atoms with Crippen LogP contribution in [0.15, 0.2) is 95.4 Å². The smallest absolute Gasteiger partial charge is 0.301 e. The van der Waals surface area contributed by atoms with Crippen molar-refractivity contribution in [3.63, 3.8) is 0 Å². The number of aliphatic hydroxyl groups is 1. The number of Topliss-reactive ketones (excluding diaryl/α,β-unsaturated/α-hetero) is 1. The molecule has 3 aromatic carbocycles. The Labute approximate surface area is 244 Å². The minimum Gasteiger partial charge on any atom is -0.507 e. The minimum atomic E-state index is -0.942. The number of aromatic nitrogens is 2. The van der Waals surface area contributed by atoms with Crippen molar-refractivity contribution in [1.29, 1.82) is 0 Å². The molecule has 0 aliphatic carbocycles. The van der Waals surface area contributed by atoms with Gasteiger partial charge in [0, 0.05) is 16.3 Å². The molecule has 0 bridgehead atoms. The Bertz CT molecular complexity index is 1620. The highest BCUT2D eigenvalue weighted by Crippen LogP contribution is 2.44. The third kappa shape index (κ3) is 5.67. The maximum Gasteiger partial charge on any atom is 0.301 e. The lowest BCUT2D eigenvalue weighted by Crippen LogP contribution is -2.29. The number of anilines is 1. The number of aryl methyl sites for hydroxylation is 1. The molecule has 0 saturated carbocycles. The molecule has 202 valence electrons. The predicted octanol–water partition coefficient (Wildman–Crippen LogP) is 6.98. The molecule has 1 N–H and O–H groups in total. The molecular formula is C30H24ClN3O4S2. The molecule has 1 atom stereocenters. The van der Waals surface area contributed by atoms with Crippen LogP contribution in [0, 0.1) is 6.92 Å². The minimum absolute atomic E-state index is 0.0322. The Morgan fingerprint density at radius 1 is 1.12 bits per heavy atom. The molecule has 1 fully saturated rings. The lowest BCUT2D eigenvalue weighted by atomic mass is 9.95. The molecule has 1 aliphatic rings. The number of carbonyl (C=O) groups is 2. The van der Waals surface area contributed by atoms with Crippen LogP contribution in [-0.4, -0.2) is 33.6 Å². The second kappa shape index (κ2) is 12.1. The van der Waals surface area contributed by atoms with Gasteiger partial charge in [-0.25, -0.2) is 0 Å². The van der Waals surface area contributed by atoms with Crippen LogP contribution >= 0.6 is 34.7 Å². The van der Waals surface area contributed by atoms with Gasteiger partial charge in [-0.15, -0.1) is 10.2 Å². The van der Waals surface area contributed by atoms with Gasteiger partial charge in [0.05, 0.1) is 11.6 Å². The van der Waals surface area contributed by atoms with Crippen molar-refractivity contribution in [3.05, 3.63) is 118 Å². The number of aliphatic hydroxyl groups excluding tert-OH is 1. The summed E-state index contributed by atoms with van der Waals surface area (Å²) in [4.78, 5) is 28.2. The topological polar surface area (TPSA) is 92.6 Å². The summed E-state index contributed by atoms with van der Waals surface area (Å²) in [5.74, 6) is -0.768. The molecule has 1 aromatic heterocycles. The van der Waals surface area contributed by atoms with Crippen LogP contribution in [0.1, 0.15) is 28.3 Å². The fraction of sp³-hybridized carbons (Fsp3) is 0.133. The van der Waals surface area contributed by atoms with Crippen molar-refractivity contribution >= 4 is 57.3 Å². The Morgan fingerprint density at radius 3 is 2.65 bits per heavy atom. The number of benzene rings is 3.